The molecule has 1 atom stereocenters. The van der Waals surface area contributed by atoms with Gasteiger partial charge in [0.05, 0.1) is 24.4 Å². The number of nitrogens with zero attached hydrogens (tertiary/aromatic N) is 2. The summed E-state index contributed by atoms with van der Waals surface area (Å²) in [6, 6.07) is 6.13. The number of benzene rings is 1. The monoisotopic (exact) mass is 327 g/mol. The van der Waals surface area contributed by atoms with E-state index in [1.54, 1.807) is 6.20 Å². The molecule has 1 unspecified atom stereocenters. The van der Waals surface area contributed by atoms with E-state index in [2.05, 4.69) is 23.4 Å². The van der Waals surface area contributed by atoms with Crippen LogP contribution in [-0.4, -0.2) is 22.3 Å². The molecule has 0 aliphatic carbocycles. The summed E-state index contributed by atoms with van der Waals surface area (Å²) >= 11 is 0. The Balaban J connectivity index is 1.72. The van der Waals surface area contributed by atoms with Gasteiger partial charge in [-0.1, -0.05) is 19.1 Å². The molecule has 5 nitrogen and oxygen atoms in total. The van der Waals surface area contributed by atoms with Crippen LogP contribution in [0.25, 0.3) is 0 Å². The molecular weight excluding hydrogens is 302 g/mol. The van der Waals surface area contributed by atoms with Crippen molar-refractivity contribution < 1.29 is 9.53 Å². The maximum atomic E-state index is 12.6. The third kappa shape index (κ3) is 3.30. The Kier molecular flexibility index (Phi) is 4.88. The summed E-state index contributed by atoms with van der Waals surface area (Å²) in [5.41, 5.74) is 3.90. The summed E-state index contributed by atoms with van der Waals surface area (Å²) in [7, 11) is 0. The van der Waals surface area contributed by atoms with Crippen LogP contribution < -0.4 is 10.1 Å². The highest BCUT2D eigenvalue weighted by Crippen LogP contribution is 2.28. The lowest BCUT2D eigenvalue weighted by Crippen LogP contribution is -2.27. The fourth-order valence-corrected chi connectivity index (χ4v) is 3.11. The summed E-state index contributed by atoms with van der Waals surface area (Å²) < 4.78 is 7.54. The van der Waals surface area contributed by atoms with E-state index in [0.717, 1.165) is 49.4 Å². The Morgan fingerprint density at radius 2 is 2.29 bits per heavy atom. The second-order valence-corrected chi connectivity index (χ2v) is 6.38. The molecule has 5 heteroatoms. The first-order chi connectivity index (χ1) is 11.6. The Morgan fingerprint density at radius 1 is 1.46 bits per heavy atom. The Labute approximate surface area is 143 Å². The number of carbonyl (C=O) groups is 1. The summed E-state index contributed by atoms with van der Waals surface area (Å²) in [5.74, 6) is 0.900. The molecule has 2 heterocycles. The highest BCUT2D eigenvalue weighted by atomic mass is 16.5. The molecule has 128 valence electrons. The Hall–Kier alpha value is -2.30. The highest BCUT2D eigenvalue weighted by Gasteiger charge is 2.18. The zero-order valence-electron chi connectivity index (χ0n) is 14.6. The minimum atomic E-state index is -0.0728. The minimum absolute atomic E-state index is 0.0568. The predicted molar refractivity (Wildman–Crippen MR) is 93.4 cm³/mol. The topological polar surface area (TPSA) is 56.2 Å². The number of hydrogen-bond acceptors (Lipinski definition) is 3. The lowest BCUT2D eigenvalue weighted by Gasteiger charge is -2.20. The molecule has 0 saturated heterocycles. The molecule has 0 saturated carbocycles. The van der Waals surface area contributed by atoms with Crippen molar-refractivity contribution in [2.45, 2.75) is 52.6 Å². The first kappa shape index (κ1) is 16.6. The van der Waals surface area contributed by atoms with E-state index in [1.807, 2.05) is 30.7 Å². The first-order valence-corrected chi connectivity index (χ1v) is 8.69. The lowest BCUT2D eigenvalue weighted by atomic mass is 10.00. The molecule has 0 spiro atoms. The third-order valence-corrected chi connectivity index (χ3v) is 4.56. The minimum Gasteiger partial charge on any atom is -0.493 e. The van der Waals surface area contributed by atoms with Crippen molar-refractivity contribution in [3.63, 3.8) is 0 Å². The van der Waals surface area contributed by atoms with Crippen LogP contribution in [0.4, 0.5) is 0 Å². The van der Waals surface area contributed by atoms with Crippen molar-refractivity contribution in [2.75, 3.05) is 6.61 Å². The van der Waals surface area contributed by atoms with E-state index in [-0.39, 0.29) is 11.9 Å². The zero-order chi connectivity index (χ0) is 17.1. The molecule has 0 fully saturated rings. The van der Waals surface area contributed by atoms with Gasteiger partial charge in [0.15, 0.2) is 0 Å². The first-order valence-electron chi connectivity index (χ1n) is 8.69. The van der Waals surface area contributed by atoms with Crippen LogP contribution in [0.1, 0.15) is 59.9 Å². The number of ether oxygens (including phenoxy) is 1. The maximum absolute atomic E-state index is 12.6. The molecule has 0 bridgehead atoms. The molecule has 1 aliphatic heterocycles. The van der Waals surface area contributed by atoms with Crippen molar-refractivity contribution in [2.24, 2.45) is 0 Å². The van der Waals surface area contributed by atoms with Gasteiger partial charge in [-0.05, 0) is 50.3 Å². The molecule has 1 aromatic carbocycles. The van der Waals surface area contributed by atoms with E-state index in [1.165, 1.54) is 5.56 Å². The normalized spacial score (nSPS) is 14.6. The van der Waals surface area contributed by atoms with Crippen molar-refractivity contribution in [3.8, 4) is 5.75 Å². The largest absolute Gasteiger partial charge is 0.493 e. The molecular formula is C19H25N3O2. The molecule has 2 aromatic rings. The average molecular weight is 327 g/mol. The molecule has 3 rings (SSSR count). The molecule has 1 N–H and O–H groups in total. The molecule has 1 amide bonds. The van der Waals surface area contributed by atoms with Gasteiger partial charge in [-0.2, -0.15) is 5.10 Å². The van der Waals surface area contributed by atoms with Crippen molar-refractivity contribution in [1.82, 2.24) is 15.1 Å². The second-order valence-electron chi connectivity index (χ2n) is 6.38. The molecule has 24 heavy (non-hydrogen) atoms. The second kappa shape index (κ2) is 7.07. The fraction of sp³-hybridized carbons (Fsp3) is 0.474. The number of fused-ring (bicyclic) bond motifs is 1. The summed E-state index contributed by atoms with van der Waals surface area (Å²) in [4.78, 5) is 12.6. The number of hydrogen-bond donors (Lipinski definition) is 1. The van der Waals surface area contributed by atoms with Gasteiger partial charge in [0, 0.05) is 12.2 Å². The number of carbonyl (C=O) groups excluding carboxylic acids is 1. The van der Waals surface area contributed by atoms with E-state index >= 15 is 0 Å². The molecule has 0 radical (unpaired) electrons. The van der Waals surface area contributed by atoms with Gasteiger partial charge in [0.2, 0.25) is 0 Å². The van der Waals surface area contributed by atoms with Crippen LogP contribution >= 0.6 is 0 Å². The fourth-order valence-electron chi connectivity index (χ4n) is 3.11. The van der Waals surface area contributed by atoms with E-state index < -0.39 is 0 Å². The van der Waals surface area contributed by atoms with E-state index in [0.29, 0.717) is 5.56 Å². The standard InChI is InChI=1S/C19H25N3O2/c1-4-9-22-14(3)17(12-20-22)19(23)21-13(2)15-7-8-18-16(11-15)6-5-10-24-18/h7-8,11-13H,4-6,9-10H2,1-3H3,(H,21,23). The van der Waals surface area contributed by atoms with Gasteiger partial charge in [0.1, 0.15) is 5.75 Å². The van der Waals surface area contributed by atoms with Crippen molar-refractivity contribution >= 4 is 5.91 Å². The van der Waals surface area contributed by atoms with Crippen LogP contribution in [0.15, 0.2) is 24.4 Å². The van der Waals surface area contributed by atoms with E-state index in [4.69, 9.17) is 4.74 Å². The van der Waals surface area contributed by atoms with Crippen molar-refractivity contribution in [3.05, 3.63) is 46.8 Å². The lowest BCUT2D eigenvalue weighted by molar-refractivity contribution is 0.0939. The van der Waals surface area contributed by atoms with Gasteiger partial charge in [0.25, 0.3) is 5.91 Å². The quantitative estimate of drug-likeness (QED) is 0.915. The van der Waals surface area contributed by atoms with Crippen LogP contribution in [-0.2, 0) is 13.0 Å². The molecule has 1 aliphatic rings. The smallest absolute Gasteiger partial charge is 0.255 e. The van der Waals surface area contributed by atoms with E-state index in [9.17, 15) is 4.79 Å². The maximum Gasteiger partial charge on any atom is 0.255 e. The number of rotatable bonds is 5. The third-order valence-electron chi connectivity index (χ3n) is 4.56. The highest BCUT2D eigenvalue weighted by molar-refractivity contribution is 5.95. The number of amides is 1. The zero-order valence-corrected chi connectivity index (χ0v) is 14.6. The van der Waals surface area contributed by atoms with Crippen LogP contribution in [0, 0.1) is 6.92 Å². The van der Waals surface area contributed by atoms with Gasteiger partial charge in [-0.15, -0.1) is 0 Å². The Bertz CT molecular complexity index is 736. The van der Waals surface area contributed by atoms with Gasteiger partial charge < -0.3 is 10.1 Å². The summed E-state index contributed by atoms with van der Waals surface area (Å²) in [6.07, 6.45) is 4.74. The van der Waals surface area contributed by atoms with Gasteiger partial charge >= 0.3 is 0 Å². The Morgan fingerprint density at radius 3 is 3.08 bits per heavy atom. The number of aryl methyl sites for hydroxylation is 2. The number of aromatic nitrogens is 2. The van der Waals surface area contributed by atoms with Gasteiger partial charge in [-0.3, -0.25) is 9.48 Å². The van der Waals surface area contributed by atoms with Gasteiger partial charge in [-0.25, -0.2) is 0 Å². The van der Waals surface area contributed by atoms with Crippen molar-refractivity contribution in [1.29, 1.82) is 0 Å². The average Bonchev–Trinajstić information content (AvgIpc) is 2.95. The summed E-state index contributed by atoms with van der Waals surface area (Å²) in [6.45, 7) is 7.68. The van der Waals surface area contributed by atoms with Crippen LogP contribution in [0.5, 0.6) is 5.75 Å². The van der Waals surface area contributed by atoms with Crippen LogP contribution in [0.2, 0.25) is 0 Å². The number of nitrogens with one attached hydrogen (secondary N) is 1. The predicted octanol–water partition coefficient (Wildman–Crippen LogP) is 3.42. The SMILES string of the molecule is CCCn1ncc(C(=O)NC(C)c2ccc3c(c2)CCCO3)c1C. The summed E-state index contributed by atoms with van der Waals surface area (Å²) in [5, 5.41) is 7.39. The molecule has 1 aromatic heterocycles. The van der Waals surface area contributed by atoms with Crippen LogP contribution in [0.3, 0.4) is 0 Å².